The van der Waals surface area contributed by atoms with E-state index in [0.717, 1.165) is 25.7 Å². The highest BCUT2D eigenvalue weighted by atomic mass is 32.2. The molecule has 5 heteroatoms. The summed E-state index contributed by atoms with van der Waals surface area (Å²) in [7, 11) is -3.19. The zero-order chi connectivity index (χ0) is 12.6. The Morgan fingerprint density at radius 1 is 1.12 bits per heavy atom. The van der Waals surface area contributed by atoms with E-state index in [1.165, 1.54) is 0 Å². The molecule has 0 heterocycles. The summed E-state index contributed by atoms with van der Waals surface area (Å²) in [6.07, 6.45) is 3.85. The molecule has 0 aliphatic carbocycles. The molecule has 1 unspecified atom stereocenters. The number of unbranched alkanes of at least 4 members (excludes halogenated alkanes) is 2. The summed E-state index contributed by atoms with van der Waals surface area (Å²) in [5.41, 5.74) is 5.45. The maximum Gasteiger partial charge on any atom is 0.217 e. The Morgan fingerprint density at radius 2 is 1.56 bits per heavy atom. The third kappa shape index (κ3) is 4.80. The van der Waals surface area contributed by atoms with Gasteiger partial charge in [0.2, 0.25) is 10.0 Å². The van der Waals surface area contributed by atoms with Crippen LogP contribution in [0, 0.1) is 0 Å². The second kappa shape index (κ2) is 8.03. The normalized spacial score (nSPS) is 14.3. The predicted molar refractivity (Wildman–Crippen MR) is 68.8 cm³/mol. The molecule has 16 heavy (non-hydrogen) atoms. The second-order valence-electron chi connectivity index (χ2n) is 4.20. The molecule has 0 amide bonds. The van der Waals surface area contributed by atoms with Crippen molar-refractivity contribution in [3.05, 3.63) is 0 Å². The molecule has 0 radical (unpaired) electrons. The van der Waals surface area contributed by atoms with Crippen molar-refractivity contribution in [3.8, 4) is 0 Å². The fourth-order valence-electron chi connectivity index (χ4n) is 1.41. The molecule has 0 aliphatic rings. The highest BCUT2D eigenvalue weighted by Gasteiger charge is 2.26. The monoisotopic (exact) mass is 250 g/mol. The van der Waals surface area contributed by atoms with Gasteiger partial charge in [-0.05, 0) is 19.8 Å². The summed E-state index contributed by atoms with van der Waals surface area (Å²) in [5.74, 6) is 0. The molecule has 0 saturated carbocycles. The van der Waals surface area contributed by atoms with Crippen molar-refractivity contribution in [1.82, 2.24) is 4.31 Å². The lowest BCUT2D eigenvalue weighted by Crippen LogP contribution is -2.41. The van der Waals surface area contributed by atoms with E-state index in [9.17, 15) is 8.42 Å². The Bertz CT molecular complexity index is 257. The summed E-state index contributed by atoms with van der Waals surface area (Å²) in [4.78, 5) is 0. The van der Waals surface area contributed by atoms with Gasteiger partial charge in [-0.3, -0.25) is 0 Å². The number of nitrogens with zero attached hydrogens (tertiary/aromatic N) is 1. The molecular weight excluding hydrogens is 224 g/mol. The summed E-state index contributed by atoms with van der Waals surface area (Å²) >= 11 is 0. The van der Waals surface area contributed by atoms with Crippen LogP contribution in [0.1, 0.15) is 46.5 Å². The minimum atomic E-state index is -3.19. The van der Waals surface area contributed by atoms with Crippen LogP contribution in [0.5, 0.6) is 0 Å². The number of hydrogen-bond donors (Lipinski definition) is 1. The van der Waals surface area contributed by atoms with E-state index in [4.69, 9.17) is 5.73 Å². The SMILES string of the molecule is CCCCN(CCCC)S(=O)(=O)C(C)CN. The van der Waals surface area contributed by atoms with Crippen molar-refractivity contribution in [3.63, 3.8) is 0 Å². The van der Waals surface area contributed by atoms with Crippen molar-refractivity contribution in [2.45, 2.75) is 51.7 Å². The van der Waals surface area contributed by atoms with Crippen LogP contribution in [0.15, 0.2) is 0 Å². The van der Waals surface area contributed by atoms with Crippen molar-refractivity contribution >= 4 is 10.0 Å². The van der Waals surface area contributed by atoms with Gasteiger partial charge in [0, 0.05) is 19.6 Å². The molecule has 0 fully saturated rings. The molecule has 0 rings (SSSR count). The Morgan fingerprint density at radius 3 is 1.88 bits per heavy atom. The smallest absolute Gasteiger partial charge is 0.217 e. The van der Waals surface area contributed by atoms with E-state index in [1.807, 2.05) is 0 Å². The molecule has 0 aromatic carbocycles. The third-order valence-corrected chi connectivity index (χ3v) is 5.02. The van der Waals surface area contributed by atoms with E-state index in [1.54, 1.807) is 11.2 Å². The lowest BCUT2D eigenvalue weighted by atomic mass is 10.3. The molecule has 0 saturated heterocycles. The van der Waals surface area contributed by atoms with Gasteiger partial charge in [0.05, 0.1) is 5.25 Å². The number of hydrogen-bond acceptors (Lipinski definition) is 3. The summed E-state index contributed by atoms with van der Waals surface area (Å²) < 4.78 is 25.8. The quantitative estimate of drug-likeness (QED) is 0.675. The van der Waals surface area contributed by atoms with Crippen molar-refractivity contribution in [1.29, 1.82) is 0 Å². The second-order valence-corrected chi connectivity index (χ2v) is 6.55. The van der Waals surface area contributed by atoms with Gasteiger partial charge in [-0.1, -0.05) is 26.7 Å². The standard InChI is InChI=1S/C11H26N2O2S/c1-4-6-8-13(9-7-5-2)16(14,15)11(3)10-12/h11H,4-10,12H2,1-3H3. The first-order valence-corrected chi connectivity index (χ1v) is 7.70. The molecule has 2 N–H and O–H groups in total. The van der Waals surface area contributed by atoms with Gasteiger partial charge in [0.1, 0.15) is 0 Å². The average Bonchev–Trinajstić information content (AvgIpc) is 2.27. The van der Waals surface area contributed by atoms with E-state index in [2.05, 4.69) is 13.8 Å². The summed E-state index contributed by atoms with van der Waals surface area (Å²) in [6.45, 7) is 7.26. The van der Waals surface area contributed by atoms with Gasteiger partial charge in [-0.15, -0.1) is 0 Å². The molecule has 0 aliphatic heterocycles. The molecule has 0 aromatic heterocycles. The van der Waals surface area contributed by atoms with Crippen molar-refractivity contribution in [2.24, 2.45) is 5.73 Å². The van der Waals surface area contributed by atoms with Crippen LogP contribution in [0.4, 0.5) is 0 Å². The molecule has 0 bridgehead atoms. The van der Waals surface area contributed by atoms with Crippen LogP contribution in [0.3, 0.4) is 0 Å². The number of nitrogens with two attached hydrogens (primary N) is 1. The van der Waals surface area contributed by atoms with Crippen molar-refractivity contribution in [2.75, 3.05) is 19.6 Å². The van der Waals surface area contributed by atoms with Crippen LogP contribution in [-0.4, -0.2) is 37.6 Å². The predicted octanol–water partition coefficient (Wildman–Crippen LogP) is 1.57. The van der Waals surface area contributed by atoms with Crippen LogP contribution >= 0.6 is 0 Å². The number of rotatable bonds is 9. The third-order valence-electron chi connectivity index (χ3n) is 2.72. The zero-order valence-electron chi connectivity index (χ0n) is 10.8. The van der Waals surface area contributed by atoms with Gasteiger partial charge >= 0.3 is 0 Å². The Labute approximate surface area is 100 Å². The molecule has 4 nitrogen and oxygen atoms in total. The summed E-state index contributed by atoms with van der Waals surface area (Å²) in [5, 5.41) is -0.471. The maximum atomic E-state index is 12.1. The topological polar surface area (TPSA) is 63.4 Å². The fourth-order valence-corrected chi connectivity index (χ4v) is 2.93. The van der Waals surface area contributed by atoms with Gasteiger partial charge in [0.25, 0.3) is 0 Å². The highest BCUT2D eigenvalue weighted by Crippen LogP contribution is 2.11. The van der Waals surface area contributed by atoms with E-state index >= 15 is 0 Å². The molecule has 1 atom stereocenters. The van der Waals surface area contributed by atoms with Crippen molar-refractivity contribution < 1.29 is 8.42 Å². The highest BCUT2D eigenvalue weighted by molar-refractivity contribution is 7.89. The fraction of sp³-hybridized carbons (Fsp3) is 1.00. The maximum absolute atomic E-state index is 12.1. The Hall–Kier alpha value is -0.130. The molecule has 98 valence electrons. The zero-order valence-corrected chi connectivity index (χ0v) is 11.6. The van der Waals surface area contributed by atoms with Gasteiger partial charge in [-0.2, -0.15) is 0 Å². The van der Waals surface area contributed by atoms with Gasteiger partial charge in [-0.25, -0.2) is 12.7 Å². The van der Waals surface area contributed by atoms with Crippen LogP contribution in [0.2, 0.25) is 0 Å². The van der Waals surface area contributed by atoms with Crippen LogP contribution in [0.25, 0.3) is 0 Å². The first-order valence-electron chi connectivity index (χ1n) is 6.19. The first-order chi connectivity index (χ1) is 7.50. The minimum Gasteiger partial charge on any atom is -0.329 e. The van der Waals surface area contributed by atoms with Crippen LogP contribution in [-0.2, 0) is 10.0 Å². The largest absolute Gasteiger partial charge is 0.329 e. The van der Waals surface area contributed by atoms with Gasteiger partial charge < -0.3 is 5.73 Å². The summed E-state index contributed by atoms with van der Waals surface area (Å²) in [6, 6.07) is 0. The molecule has 0 aromatic rings. The lowest BCUT2D eigenvalue weighted by Gasteiger charge is -2.25. The van der Waals surface area contributed by atoms with Gasteiger partial charge in [0.15, 0.2) is 0 Å². The molecular formula is C11H26N2O2S. The molecule has 0 spiro atoms. The Balaban J connectivity index is 4.58. The Kier molecular flexibility index (Phi) is 7.97. The van der Waals surface area contributed by atoms with E-state index < -0.39 is 15.3 Å². The van der Waals surface area contributed by atoms with E-state index in [0.29, 0.717) is 13.1 Å². The number of sulfonamides is 1. The lowest BCUT2D eigenvalue weighted by molar-refractivity contribution is 0.390. The average molecular weight is 250 g/mol. The minimum absolute atomic E-state index is 0.192. The first kappa shape index (κ1) is 15.9. The van der Waals surface area contributed by atoms with Crippen LogP contribution < -0.4 is 5.73 Å². The van der Waals surface area contributed by atoms with E-state index in [-0.39, 0.29) is 6.54 Å².